The highest BCUT2D eigenvalue weighted by Gasteiger charge is 2.18. The summed E-state index contributed by atoms with van der Waals surface area (Å²) in [4.78, 5) is 11.8. The van der Waals surface area contributed by atoms with Crippen molar-refractivity contribution in [2.75, 3.05) is 0 Å². The van der Waals surface area contributed by atoms with Gasteiger partial charge in [-0.1, -0.05) is 40.0 Å². The molecule has 1 aliphatic rings. The first-order chi connectivity index (χ1) is 7.63. The number of nitrogens with one attached hydrogen (secondary N) is 2. The first-order valence-electron chi connectivity index (χ1n) is 6.70. The molecule has 16 heavy (non-hydrogen) atoms. The van der Waals surface area contributed by atoms with E-state index in [1.807, 2.05) is 0 Å². The Hall–Kier alpha value is -0.730. The molecule has 2 N–H and O–H groups in total. The lowest BCUT2D eigenvalue weighted by Crippen LogP contribution is -2.48. The van der Waals surface area contributed by atoms with Crippen LogP contribution in [0.5, 0.6) is 0 Å². The first kappa shape index (κ1) is 13.3. The van der Waals surface area contributed by atoms with Gasteiger partial charge in [-0.25, -0.2) is 4.79 Å². The lowest BCUT2D eigenvalue weighted by molar-refractivity contribution is 0.224. The van der Waals surface area contributed by atoms with Gasteiger partial charge in [-0.05, 0) is 25.2 Å². The summed E-state index contributed by atoms with van der Waals surface area (Å²) >= 11 is 0. The van der Waals surface area contributed by atoms with E-state index >= 15 is 0 Å². The summed E-state index contributed by atoms with van der Waals surface area (Å²) in [6.07, 6.45) is 7.12. The fraction of sp³-hybridized carbons (Fsp3) is 0.923. The van der Waals surface area contributed by atoms with Crippen molar-refractivity contribution < 1.29 is 4.79 Å². The summed E-state index contributed by atoms with van der Waals surface area (Å²) < 4.78 is 0. The fourth-order valence-corrected chi connectivity index (χ4v) is 2.38. The lowest BCUT2D eigenvalue weighted by atomic mass is 9.95. The normalized spacial score (nSPS) is 19.5. The summed E-state index contributed by atoms with van der Waals surface area (Å²) in [6.45, 7) is 6.41. The maximum atomic E-state index is 11.8. The zero-order chi connectivity index (χ0) is 12.0. The van der Waals surface area contributed by atoms with Crippen molar-refractivity contribution in [2.24, 2.45) is 5.92 Å². The summed E-state index contributed by atoms with van der Waals surface area (Å²) in [5.74, 6) is 0.502. The number of rotatable bonds is 4. The van der Waals surface area contributed by atoms with Crippen molar-refractivity contribution in [3.05, 3.63) is 0 Å². The zero-order valence-electron chi connectivity index (χ0n) is 10.9. The summed E-state index contributed by atoms with van der Waals surface area (Å²) in [6, 6.07) is 0.717. The van der Waals surface area contributed by atoms with E-state index in [-0.39, 0.29) is 6.03 Å². The largest absolute Gasteiger partial charge is 0.335 e. The lowest BCUT2D eigenvalue weighted by Gasteiger charge is -2.26. The highest BCUT2D eigenvalue weighted by atomic mass is 16.2. The molecule has 3 nitrogen and oxygen atoms in total. The third-order valence-electron chi connectivity index (χ3n) is 3.50. The Balaban J connectivity index is 2.28. The molecule has 0 aromatic rings. The molecule has 0 saturated heterocycles. The van der Waals surface area contributed by atoms with E-state index in [1.54, 1.807) is 0 Å². The van der Waals surface area contributed by atoms with E-state index in [4.69, 9.17) is 0 Å². The van der Waals surface area contributed by atoms with Crippen LogP contribution in [0.15, 0.2) is 0 Å². The van der Waals surface area contributed by atoms with Gasteiger partial charge in [0.1, 0.15) is 0 Å². The number of carbonyl (C=O) groups is 1. The van der Waals surface area contributed by atoms with Crippen LogP contribution in [0.4, 0.5) is 4.79 Å². The van der Waals surface area contributed by atoms with E-state index in [9.17, 15) is 4.79 Å². The van der Waals surface area contributed by atoms with Gasteiger partial charge in [-0.2, -0.15) is 0 Å². The summed E-state index contributed by atoms with van der Waals surface area (Å²) in [5.41, 5.74) is 0. The Labute approximate surface area is 99.4 Å². The topological polar surface area (TPSA) is 41.1 Å². The summed E-state index contributed by atoms with van der Waals surface area (Å²) in [5, 5.41) is 6.15. The molecule has 1 atom stereocenters. The Morgan fingerprint density at radius 2 is 1.88 bits per heavy atom. The van der Waals surface area contributed by atoms with Crippen molar-refractivity contribution in [2.45, 2.75) is 71.4 Å². The molecule has 0 aromatic carbocycles. The van der Waals surface area contributed by atoms with E-state index in [0.717, 1.165) is 19.3 Å². The molecular weight excluding hydrogens is 200 g/mol. The minimum Gasteiger partial charge on any atom is -0.335 e. The van der Waals surface area contributed by atoms with Crippen LogP contribution in [0.2, 0.25) is 0 Å². The molecule has 3 heteroatoms. The van der Waals surface area contributed by atoms with Gasteiger partial charge in [-0.3, -0.25) is 0 Å². The maximum Gasteiger partial charge on any atom is 0.315 e. The second kappa shape index (κ2) is 6.77. The average molecular weight is 226 g/mol. The molecule has 2 amide bonds. The number of carbonyl (C=O) groups excluding carboxylic acids is 1. The molecule has 0 spiro atoms. The van der Waals surface area contributed by atoms with Crippen molar-refractivity contribution >= 4 is 6.03 Å². The van der Waals surface area contributed by atoms with Crippen LogP contribution in [0.25, 0.3) is 0 Å². The van der Waals surface area contributed by atoms with E-state index in [2.05, 4.69) is 31.4 Å². The van der Waals surface area contributed by atoms with Crippen molar-refractivity contribution in [1.29, 1.82) is 0 Å². The minimum atomic E-state index is 0.0208. The fourth-order valence-electron chi connectivity index (χ4n) is 2.38. The molecule has 1 rings (SSSR count). The minimum absolute atomic E-state index is 0.0208. The molecule has 0 bridgehead atoms. The number of hydrogen-bond acceptors (Lipinski definition) is 1. The Bertz CT molecular complexity index is 210. The second-order valence-electron chi connectivity index (χ2n) is 5.21. The second-order valence-corrected chi connectivity index (χ2v) is 5.21. The zero-order valence-corrected chi connectivity index (χ0v) is 10.9. The molecule has 1 saturated carbocycles. The van der Waals surface area contributed by atoms with Gasteiger partial charge in [0, 0.05) is 12.1 Å². The molecule has 0 aromatic heterocycles. The highest BCUT2D eigenvalue weighted by Crippen LogP contribution is 2.17. The third kappa shape index (κ3) is 4.42. The van der Waals surface area contributed by atoms with Crippen molar-refractivity contribution in [1.82, 2.24) is 10.6 Å². The van der Waals surface area contributed by atoms with E-state index < -0.39 is 0 Å². The quantitative estimate of drug-likeness (QED) is 0.760. The van der Waals surface area contributed by atoms with Crippen molar-refractivity contribution in [3.8, 4) is 0 Å². The van der Waals surface area contributed by atoms with E-state index in [1.165, 1.54) is 19.3 Å². The predicted molar refractivity (Wildman–Crippen MR) is 67.5 cm³/mol. The Kier molecular flexibility index (Phi) is 5.64. The van der Waals surface area contributed by atoms with Crippen LogP contribution < -0.4 is 10.6 Å². The first-order valence-corrected chi connectivity index (χ1v) is 6.70. The third-order valence-corrected chi connectivity index (χ3v) is 3.50. The molecule has 1 fully saturated rings. The van der Waals surface area contributed by atoms with Gasteiger partial charge < -0.3 is 10.6 Å². The molecule has 94 valence electrons. The van der Waals surface area contributed by atoms with Crippen LogP contribution in [0, 0.1) is 5.92 Å². The smallest absolute Gasteiger partial charge is 0.315 e. The number of urea groups is 1. The van der Waals surface area contributed by atoms with Crippen LogP contribution in [0.3, 0.4) is 0 Å². The monoisotopic (exact) mass is 226 g/mol. The maximum absolute atomic E-state index is 11.8. The molecular formula is C13H26N2O. The van der Waals surface area contributed by atoms with Gasteiger partial charge in [0.15, 0.2) is 0 Å². The van der Waals surface area contributed by atoms with Gasteiger partial charge in [0.2, 0.25) is 0 Å². The van der Waals surface area contributed by atoms with Gasteiger partial charge in [0.25, 0.3) is 0 Å². The van der Waals surface area contributed by atoms with Gasteiger partial charge in [0.05, 0.1) is 0 Å². The van der Waals surface area contributed by atoms with Crippen LogP contribution >= 0.6 is 0 Å². The highest BCUT2D eigenvalue weighted by molar-refractivity contribution is 5.74. The van der Waals surface area contributed by atoms with Gasteiger partial charge >= 0.3 is 6.03 Å². The molecule has 1 aliphatic carbocycles. The Morgan fingerprint density at radius 1 is 1.25 bits per heavy atom. The van der Waals surface area contributed by atoms with Crippen LogP contribution in [-0.2, 0) is 0 Å². The Morgan fingerprint density at radius 3 is 2.38 bits per heavy atom. The number of amides is 2. The van der Waals surface area contributed by atoms with Crippen LogP contribution in [0.1, 0.15) is 59.3 Å². The standard InChI is InChI=1S/C13H26N2O/c1-4-12(10(2)3)15-13(16)14-11-8-6-5-7-9-11/h10-12H,4-9H2,1-3H3,(H2,14,15,16). The van der Waals surface area contributed by atoms with Gasteiger partial charge in [-0.15, -0.1) is 0 Å². The molecule has 0 heterocycles. The molecule has 1 unspecified atom stereocenters. The van der Waals surface area contributed by atoms with Crippen LogP contribution in [-0.4, -0.2) is 18.1 Å². The SMILES string of the molecule is CCC(NC(=O)NC1CCCCC1)C(C)C. The van der Waals surface area contributed by atoms with Crippen molar-refractivity contribution in [3.63, 3.8) is 0 Å². The van der Waals surface area contributed by atoms with E-state index in [0.29, 0.717) is 18.0 Å². The average Bonchev–Trinajstić information content (AvgIpc) is 2.27. The summed E-state index contributed by atoms with van der Waals surface area (Å²) in [7, 11) is 0. The number of hydrogen-bond donors (Lipinski definition) is 2. The molecule has 0 aliphatic heterocycles. The predicted octanol–water partition coefficient (Wildman–Crippen LogP) is 3.05. The molecule has 0 radical (unpaired) electrons.